The first-order valence-electron chi connectivity index (χ1n) is 5.89. The molecule has 0 spiro atoms. The molecule has 1 saturated carbocycles. The second kappa shape index (κ2) is 5.44. The zero-order chi connectivity index (χ0) is 13.1. The van der Waals surface area contributed by atoms with Gasteiger partial charge in [0, 0.05) is 19.7 Å². The van der Waals surface area contributed by atoms with Crippen molar-refractivity contribution in [1.29, 1.82) is 0 Å². The average Bonchev–Trinajstić information content (AvgIpc) is 3.17. The zero-order valence-electron chi connectivity index (χ0n) is 10.2. The molecule has 1 aliphatic carbocycles. The van der Waals surface area contributed by atoms with Gasteiger partial charge < -0.3 is 9.64 Å². The Morgan fingerprint density at radius 2 is 2.17 bits per heavy atom. The quantitative estimate of drug-likeness (QED) is 0.807. The molecule has 1 aromatic carbocycles. The van der Waals surface area contributed by atoms with Crippen molar-refractivity contribution in [1.82, 2.24) is 4.90 Å². The number of carbonyl (C=O) groups is 1. The number of halogens is 2. The van der Waals surface area contributed by atoms with E-state index in [1.165, 1.54) is 12.1 Å². The first-order valence-corrected chi connectivity index (χ1v) is 5.89. The molecule has 0 aliphatic heterocycles. The SMILES string of the molecule is COCCN(C(=O)c1cccc(F)c1F)C1CC1. The molecule has 1 aliphatic rings. The third kappa shape index (κ3) is 2.67. The van der Waals surface area contributed by atoms with E-state index in [4.69, 9.17) is 4.74 Å². The van der Waals surface area contributed by atoms with Gasteiger partial charge in [-0.25, -0.2) is 8.78 Å². The van der Waals surface area contributed by atoms with Gasteiger partial charge in [0.15, 0.2) is 11.6 Å². The summed E-state index contributed by atoms with van der Waals surface area (Å²) in [4.78, 5) is 13.7. The standard InChI is InChI=1S/C13H15F2NO2/c1-18-8-7-16(9-5-6-9)13(17)10-3-2-4-11(14)12(10)15/h2-4,9H,5-8H2,1H3. The maximum atomic E-state index is 13.6. The van der Waals surface area contributed by atoms with Crippen molar-refractivity contribution in [2.75, 3.05) is 20.3 Å². The number of hydrogen-bond donors (Lipinski definition) is 0. The Labute approximate surface area is 104 Å². The van der Waals surface area contributed by atoms with E-state index in [0.29, 0.717) is 13.2 Å². The van der Waals surface area contributed by atoms with E-state index in [1.807, 2.05) is 0 Å². The van der Waals surface area contributed by atoms with Crippen molar-refractivity contribution in [3.63, 3.8) is 0 Å². The topological polar surface area (TPSA) is 29.5 Å². The predicted octanol–water partition coefficient (Wildman–Crippen LogP) is 2.22. The molecular formula is C13H15F2NO2. The molecule has 1 aromatic rings. The molecule has 1 fully saturated rings. The summed E-state index contributed by atoms with van der Waals surface area (Å²) in [5.41, 5.74) is -0.210. The number of nitrogens with zero attached hydrogens (tertiary/aromatic N) is 1. The third-order valence-electron chi connectivity index (χ3n) is 2.97. The monoisotopic (exact) mass is 255 g/mol. The predicted molar refractivity (Wildman–Crippen MR) is 62.3 cm³/mol. The van der Waals surface area contributed by atoms with Crippen molar-refractivity contribution >= 4 is 5.91 Å². The summed E-state index contributed by atoms with van der Waals surface area (Å²) in [6.07, 6.45) is 1.82. The number of amides is 1. The zero-order valence-corrected chi connectivity index (χ0v) is 10.2. The molecule has 0 bridgehead atoms. The van der Waals surface area contributed by atoms with Gasteiger partial charge in [0.2, 0.25) is 0 Å². The summed E-state index contributed by atoms with van der Waals surface area (Å²) >= 11 is 0. The Morgan fingerprint density at radius 1 is 1.44 bits per heavy atom. The van der Waals surface area contributed by atoms with Crippen molar-refractivity contribution in [3.8, 4) is 0 Å². The van der Waals surface area contributed by atoms with Crippen LogP contribution in [0.4, 0.5) is 8.78 Å². The summed E-state index contributed by atoms with van der Waals surface area (Å²) in [6.45, 7) is 0.787. The van der Waals surface area contributed by atoms with Crippen LogP contribution in [0, 0.1) is 11.6 Å². The maximum absolute atomic E-state index is 13.6. The highest BCUT2D eigenvalue weighted by Crippen LogP contribution is 2.28. The Morgan fingerprint density at radius 3 is 2.78 bits per heavy atom. The van der Waals surface area contributed by atoms with Gasteiger partial charge in [-0.05, 0) is 25.0 Å². The minimum absolute atomic E-state index is 0.135. The van der Waals surface area contributed by atoms with Crippen LogP contribution >= 0.6 is 0 Å². The lowest BCUT2D eigenvalue weighted by Gasteiger charge is -2.22. The summed E-state index contributed by atoms with van der Waals surface area (Å²) < 4.78 is 31.6. The Kier molecular flexibility index (Phi) is 3.91. The Bertz CT molecular complexity index is 447. The average molecular weight is 255 g/mol. The first-order chi connectivity index (χ1) is 8.65. The van der Waals surface area contributed by atoms with Crippen molar-refractivity contribution in [3.05, 3.63) is 35.4 Å². The normalized spacial score (nSPS) is 14.6. The molecule has 0 radical (unpaired) electrons. The molecule has 0 N–H and O–H groups in total. The van der Waals surface area contributed by atoms with E-state index in [2.05, 4.69) is 0 Å². The molecule has 2 rings (SSSR count). The molecule has 0 heterocycles. The minimum Gasteiger partial charge on any atom is -0.383 e. The molecule has 98 valence electrons. The summed E-state index contributed by atoms with van der Waals surface area (Å²) in [5.74, 6) is -2.54. The smallest absolute Gasteiger partial charge is 0.257 e. The fraction of sp³-hybridized carbons (Fsp3) is 0.462. The van der Waals surface area contributed by atoms with Crippen molar-refractivity contribution in [2.45, 2.75) is 18.9 Å². The van der Waals surface area contributed by atoms with Gasteiger partial charge in [-0.15, -0.1) is 0 Å². The Balaban J connectivity index is 2.19. The van der Waals surface area contributed by atoms with Gasteiger partial charge in [0.25, 0.3) is 5.91 Å². The van der Waals surface area contributed by atoms with E-state index in [9.17, 15) is 13.6 Å². The van der Waals surface area contributed by atoms with Crippen LogP contribution in [0.1, 0.15) is 23.2 Å². The number of carbonyl (C=O) groups excluding carboxylic acids is 1. The lowest BCUT2D eigenvalue weighted by molar-refractivity contribution is 0.0674. The van der Waals surface area contributed by atoms with Gasteiger partial charge in [0.1, 0.15) is 0 Å². The second-order valence-corrected chi connectivity index (χ2v) is 4.32. The van der Waals surface area contributed by atoms with Crippen LogP contribution in [0.15, 0.2) is 18.2 Å². The third-order valence-corrected chi connectivity index (χ3v) is 2.97. The highest BCUT2D eigenvalue weighted by atomic mass is 19.2. The lowest BCUT2D eigenvalue weighted by Crippen LogP contribution is -2.36. The highest BCUT2D eigenvalue weighted by molar-refractivity contribution is 5.94. The van der Waals surface area contributed by atoms with Gasteiger partial charge in [0.05, 0.1) is 12.2 Å². The molecule has 0 saturated heterocycles. The maximum Gasteiger partial charge on any atom is 0.257 e. The molecule has 5 heteroatoms. The fourth-order valence-electron chi connectivity index (χ4n) is 1.85. The largest absolute Gasteiger partial charge is 0.383 e. The number of methoxy groups -OCH3 is 1. The molecular weight excluding hydrogens is 240 g/mol. The number of benzene rings is 1. The van der Waals surface area contributed by atoms with Gasteiger partial charge in [-0.1, -0.05) is 6.07 Å². The fourth-order valence-corrected chi connectivity index (χ4v) is 1.85. The lowest BCUT2D eigenvalue weighted by atomic mass is 10.1. The van der Waals surface area contributed by atoms with Crippen LogP contribution in [0.3, 0.4) is 0 Å². The van der Waals surface area contributed by atoms with Gasteiger partial charge >= 0.3 is 0 Å². The molecule has 0 unspecified atom stereocenters. The number of ether oxygens (including phenoxy) is 1. The molecule has 18 heavy (non-hydrogen) atoms. The second-order valence-electron chi connectivity index (χ2n) is 4.32. The van der Waals surface area contributed by atoms with E-state index in [0.717, 1.165) is 18.9 Å². The molecule has 3 nitrogen and oxygen atoms in total. The van der Waals surface area contributed by atoms with Crippen LogP contribution in [0.2, 0.25) is 0 Å². The number of hydrogen-bond acceptors (Lipinski definition) is 2. The summed E-state index contributed by atoms with van der Waals surface area (Å²) in [5, 5.41) is 0. The highest BCUT2D eigenvalue weighted by Gasteiger charge is 2.34. The summed E-state index contributed by atoms with van der Waals surface area (Å²) in [7, 11) is 1.54. The summed E-state index contributed by atoms with van der Waals surface area (Å²) in [6, 6.07) is 3.79. The van der Waals surface area contributed by atoms with Crippen LogP contribution < -0.4 is 0 Å². The first kappa shape index (κ1) is 13.0. The van der Waals surface area contributed by atoms with Crippen molar-refractivity contribution in [2.24, 2.45) is 0 Å². The Hall–Kier alpha value is -1.49. The van der Waals surface area contributed by atoms with Crippen LogP contribution in [-0.2, 0) is 4.74 Å². The molecule has 0 aromatic heterocycles. The van der Waals surface area contributed by atoms with E-state index in [1.54, 1.807) is 12.0 Å². The van der Waals surface area contributed by atoms with Crippen LogP contribution in [0.25, 0.3) is 0 Å². The van der Waals surface area contributed by atoms with Crippen LogP contribution in [-0.4, -0.2) is 37.1 Å². The molecule has 1 amide bonds. The minimum atomic E-state index is -1.08. The van der Waals surface area contributed by atoms with E-state index >= 15 is 0 Å². The van der Waals surface area contributed by atoms with E-state index in [-0.39, 0.29) is 11.6 Å². The molecule has 0 atom stereocenters. The van der Waals surface area contributed by atoms with Crippen LogP contribution in [0.5, 0.6) is 0 Å². The van der Waals surface area contributed by atoms with Gasteiger partial charge in [-0.3, -0.25) is 4.79 Å². The number of rotatable bonds is 5. The van der Waals surface area contributed by atoms with Gasteiger partial charge in [-0.2, -0.15) is 0 Å². The van der Waals surface area contributed by atoms with Crippen molar-refractivity contribution < 1.29 is 18.3 Å². The van der Waals surface area contributed by atoms with E-state index < -0.39 is 17.5 Å².